The Morgan fingerprint density at radius 3 is 2.53 bits per heavy atom. The van der Waals surface area contributed by atoms with Gasteiger partial charge in [-0.2, -0.15) is 0 Å². The van der Waals surface area contributed by atoms with Gasteiger partial charge in [0.1, 0.15) is 11.3 Å². The van der Waals surface area contributed by atoms with Gasteiger partial charge in [0.05, 0.1) is 4.92 Å². The number of rotatable bonds is 5. The Hall–Kier alpha value is -2.64. The number of hydrogen-bond acceptors (Lipinski definition) is 5. The van der Waals surface area contributed by atoms with Crippen molar-refractivity contribution in [2.24, 2.45) is 0 Å². The summed E-state index contributed by atoms with van der Waals surface area (Å²) in [4.78, 5) is 32.6. The standard InChI is InChI=1S/C11H14N4O4/c1-7(16)13-5-6-14-11(17)8-3-2-4-9(12)10(8)15(18)19/h2-4H,5-6,12H2,1H3,(H,13,16)(H,14,17). The highest BCUT2D eigenvalue weighted by atomic mass is 16.6. The minimum Gasteiger partial charge on any atom is -0.393 e. The Kier molecular flexibility index (Phi) is 4.81. The number of anilines is 1. The highest BCUT2D eigenvalue weighted by Crippen LogP contribution is 2.25. The SMILES string of the molecule is CC(=O)NCCNC(=O)c1cccc(N)c1[N+](=O)[O-]. The van der Waals surface area contributed by atoms with E-state index in [-0.39, 0.29) is 30.2 Å². The van der Waals surface area contributed by atoms with E-state index in [9.17, 15) is 19.7 Å². The van der Waals surface area contributed by atoms with Crippen LogP contribution < -0.4 is 16.4 Å². The number of hydrogen-bond donors (Lipinski definition) is 3. The van der Waals surface area contributed by atoms with Gasteiger partial charge in [-0.05, 0) is 12.1 Å². The van der Waals surface area contributed by atoms with Crippen LogP contribution in [0.1, 0.15) is 17.3 Å². The fourth-order valence-corrected chi connectivity index (χ4v) is 1.46. The van der Waals surface area contributed by atoms with Crippen LogP contribution in [0.15, 0.2) is 18.2 Å². The second-order valence-electron chi connectivity index (χ2n) is 3.74. The summed E-state index contributed by atoms with van der Waals surface area (Å²) in [5.41, 5.74) is 4.89. The number of nitrogen functional groups attached to an aromatic ring is 1. The Balaban J connectivity index is 2.74. The number of para-hydroxylation sites is 1. The zero-order valence-corrected chi connectivity index (χ0v) is 10.3. The number of nitrogens with two attached hydrogens (primary N) is 1. The molecular formula is C11H14N4O4. The fraction of sp³-hybridized carbons (Fsp3) is 0.273. The molecule has 8 nitrogen and oxygen atoms in total. The van der Waals surface area contributed by atoms with Gasteiger partial charge < -0.3 is 16.4 Å². The van der Waals surface area contributed by atoms with Crippen molar-refractivity contribution in [3.8, 4) is 0 Å². The van der Waals surface area contributed by atoms with Crippen molar-refractivity contribution in [1.29, 1.82) is 0 Å². The second kappa shape index (κ2) is 6.34. The quantitative estimate of drug-likeness (QED) is 0.300. The zero-order chi connectivity index (χ0) is 14.4. The van der Waals surface area contributed by atoms with Crippen LogP contribution in [0.5, 0.6) is 0 Å². The first kappa shape index (κ1) is 14.4. The van der Waals surface area contributed by atoms with Crippen molar-refractivity contribution in [3.05, 3.63) is 33.9 Å². The second-order valence-corrected chi connectivity index (χ2v) is 3.74. The van der Waals surface area contributed by atoms with Gasteiger partial charge in [0.25, 0.3) is 5.91 Å². The summed E-state index contributed by atoms with van der Waals surface area (Å²) in [6.07, 6.45) is 0. The molecule has 0 aliphatic rings. The van der Waals surface area contributed by atoms with E-state index in [1.807, 2.05) is 0 Å². The average molecular weight is 266 g/mol. The Labute approximate surface area is 109 Å². The summed E-state index contributed by atoms with van der Waals surface area (Å²) in [7, 11) is 0. The van der Waals surface area contributed by atoms with Gasteiger partial charge in [-0.25, -0.2) is 0 Å². The third-order valence-electron chi connectivity index (χ3n) is 2.28. The van der Waals surface area contributed by atoms with Crippen LogP contribution in [-0.2, 0) is 4.79 Å². The number of amides is 2. The molecule has 4 N–H and O–H groups in total. The highest BCUT2D eigenvalue weighted by Gasteiger charge is 2.22. The third-order valence-corrected chi connectivity index (χ3v) is 2.28. The molecule has 0 aliphatic heterocycles. The molecule has 0 spiro atoms. The molecule has 0 unspecified atom stereocenters. The van der Waals surface area contributed by atoms with Crippen LogP contribution in [-0.4, -0.2) is 29.8 Å². The smallest absolute Gasteiger partial charge is 0.304 e. The molecule has 0 radical (unpaired) electrons. The molecule has 1 rings (SSSR count). The first-order valence-electron chi connectivity index (χ1n) is 5.49. The van der Waals surface area contributed by atoms with Gasteiger partial charge in [0, 0.05) is 20.0 Å². The summed E-state index contributed by atoms with van der Waals surface area (Å²) in [6.45, 7) is 1.77. The van der Waals surface area contributed by atoms with Crippen molar-refractivity contribution < 1.29 is 14.5 Å². The van der Waals surface area contributed by atoms with Crippen molar-refractivity contribution in [2.75, 3.05) is 18.8 Å². The van der Waals surface area contributed by atoms with E-state index in [2.05, 4.69) is 10.6 Å². The normalized spacial score (nSPS) is 9.74. The molecule has 0 atom stereocenters. The van der Waals surface area contributed by atoms with Crippen molar-refractivity contribution in [2.45, 2.75) is 6.92 Å². The summed E-state index contributed by atoms with van der Waals surface area (Å²) in [5.74, 6) is -0.825. The maximum absolute atomic E-state index is 11.8. The Morgan fingerprint density at radius 2 is 1.95 bits per heavy atom. The summed E-state index contributed by atoms with van der Waals surface area (Å²) >= 11 is 0. The van der Waals surface area contributed by atoms with Crippen LogP contribution in [0.4, 0.5) is 11.4 Å². The van der Waals surface area contributed by atoms with Crippen molar-refractivity contribution in [1.82, 2.24) is 10.6 Å². The van der Waals surface area contributed by atoms with Gasteiger partial charge in [0.2, 0.25) is 5.91 Å². The molecule has 0 bridgehead atoms. The number of nitro benzene ring substituents is 1. The number of nitrogens with one attached hydrogen (secondary N) is 2. The predicted octanol–water partition coefficient (Wildman–Crippen LogP) is 0.0429. The minimum atomic E-state index is -0.696. The molecule has 0 saturated heterocycles. The van der Waals surface area contributed by atoms with E-state index in [0.29, 0.717) is 0 Å². The average Bonchev–Trinajstić information content (AvgIpc) is 2.33. The first-order valence-corrected chi connectivity index (χ1v) is 5.49. The lowest BCUT2D eigenvalue weighted by molar-refractivity contribution is -0.384. The molecule has 1 aromatic rings. The molecule has 1 aromatic carbocycles. The lowest BCUT2D eigenvalue weighted by Crippen LogP contribution is -2.33. The molecule has 0 heterocycles. The number of carbonyl (C=O) groups is 2. The lowest BCUT2D eigenvalue weighted by Gasteiger charge is -2.07. The highest BCUT2D eigenvalue weighted by molar-refractivity contribution is 6.00. The summed E-state index contributed by atoms with van der Waals surface area (Å²) in [5, 5.41) is 15.8. The Morgan fingerprint density at radius 1 is 1.32 bits per heavy atom. The predicted molar refractivity (Wildman–Crippen MR) is 68.5 cm³/mol. The monoisotopic (exact) mass is 266 g/mol. The molecule has 0 aliphatic carbocycles. The topological polar surface area (TPSA) is 127 Å². The molecule has 0 aromatic heterocycles. The van der Waals surface area contributed by atoms with Gasteiger partial charge in [-0.1, -0.05) is 6.07 Å². The molecule has 8 heteroatoms. The molecule has 2 amide bonds. The van der Waals surface area contributed by atoms with E-state index < -0.39 is 16.5 Å². The first-order chi connectivity index (χ1) is 8.93. The van der Waals surface area contributed by atoms with Gasteiger partial charge in [-0.15, -0.1) is 0 Å². The van der Waals surface area contributed by atoms with Crippen LogP contribution in [0.3, 0.4) is 0 Å². The van der Waals surface area contributed by atoms with E-state index in [4.69, 9.17) is 5.73 Å². The molecule has 102 valence electrons. The van der Waals surface area contributed by atoms with Crippen LogP contribution in [0.25, 0.3) is 0 Å². The molecule has 0 fully saturated rings. The number of carbonyl (C=O) groups excluding carboxylic acids is 2. The third kappa shape index (κ3) is 3.95. The van der Waals surface area contributed by atoms with Gasteiger partial charge in [-0.3, -0.25) is 19.7 Å². The number of nitro groups is 1. The van der Waals surface area contributed by atoms with Crippen molar-refractivity contribution >= 4 is 23.2 Å². The van der Waals surface area contributed by atoms with E-state index in [0.717, 1.165) is 0 Å². The van der Waals surface area contributed by atoms with Crippen LogP contribution in [0, 0.1) is 10.1 Å². The van der Waals surface area contributed by atoms with Crippen LogP contribution >= 0.6 is 0 Å². The molecular weight excluding hydrogens is 252 g/mol. The largest absolute Gasteiger partial charge is 0.393 e. The number of benzene rings is 1. The summed E-state index contributed by atoms with van der Waals surface area (Å²) < 4.78 is 0. The lowest BCUT2D eigenvalue weighted by atomic mass is 10.1. The molecule has 0 saturated carbocycles. The Bertz CT molecular complexity index is 515. The van der Waals surface area contributed by atoms with Gasteiger partial charge in [0.15, 0.2) is 0 Å². The van der Waals surface area contributed by atoms with Crippen molar-refractivity contribution in [3.63, 3.8) is 0 Å². The zero-order valence-electron chi connectivity index (χ0n) is 10.3. The maximum Gasteiger partial charge on any atom is 0.304 e. The van der Waals surface area contributed by atoms with E-state index >= 15 is 0 Å². The summed E-state index contributed by atoms with van der Waals surface area (Å²) in [6, 6.07) is 4.14. The number of nitrogens with zero attached hydrogens (tertiary/aromatic N) is 1. The van der Waals surface area contributed by atoms with E-state index in [1.165, 1.54) is 25.1 Å². The van der Waals surface area contributed by atoms with E-state index in [1.54, 1.807) is 0 Å². The minimum absolute atomic E-state index is 0.0699. The molecule has 19 heavy (non-hydrogen) atoms. The maximum atomic E-state index is 11.8. The van der Waals surface area contributed by atoms with Crippen LogP contribution in [0.2, 0.25) is 0 Å². The van der Waals surface area contributed by atoms with Gasteiger partial charge >= 0.3 is 5.69 Å². The fourth-order valence-electron chi connectivity index (χ4n) is 1.46.